The van der Waals surface area contributed by atoms with E-state index in [1.807, 2.05) is 30.3 Å². The van der Waals surface area contributed by atoms with Crippen molar-refractivity contribution in [3.05, 3.63) is 48.0 Å². The fourth-order valence-electron chi connectivity index (χ4n) is 2.02. The molecule has 4 heteroatoms. The molecular weight excluding hydrogens is 256 g/mol. The fourth-order valence-corrected chi connectivity index (χ4v) is 2.02. The maximum absolute atomic E-state index is 9.93. The predicted octanol–water partition coefficient (Wildman–Crippen LogP) is 3.55. The van der Waals surface area contributed by atoms with E-state index < -0.39 is 6.10 Å². The minimum atomic E-state index is -0.698. The second-order valence-electron chi connectivity index (χ2n) is 4.30. The van der Waals surface area contributed by atoms with E-state index in [0.717, 1.165) is 0 Å². The Morgan fingerprint density at radius 3 is 1.95 bits per heavy atom. The van der Waals surface area contributed by atoms with Gasteiger partial charge in [-0.2, -0.15) is 0 Å². The summed E-state index contributed by atoms with van der Waals surface area (Å²) in [6, 6.07) is 12.7. The quantitative estimate of drug-likeness (QED) is 0.905. The fraction of sp³-hybridized carbons (Fsp3) is 0.250. The van der Waals surface area contributed by atoms with Gasteiger partial charge in [-0.25, -0.2) is 0 Å². The molecular formula is C16H18O4. The van der Waals surface area contributed by atoms with Crippen LogP contribution >= 0.6 is 0 Å². The number of hydrogen-bond acceptors (Lipinski definition) is 4. The van der Waals surface area contributed by atoms with Gasteiger partial charge in [0, 0.05) is 0 Å². The number of para-hydroxylation sites is 2. The Bertz CT molecular complexity index is 578. The topological polar surface area (TPSA) is 47.9 Å². The van der Waals surface area contributed by atoms with E-state index in [9.17, 15) is 5.11 Å². The first-order chi connectivity index (χ1) is 9.67. The molecule has 1 N–H and O–H groups in total. The zero-order chi connectivity index (χ0) is 14.5. The van der Waals surface area contributed by atoms with Crippen molar-refractivity contribution in [1.29, 1.82) is 0 Å². The van der Waals surface area contributed by atoms with Crippen LogP contribution in [0.2, 0.25) is 0 Å². The molecule has 0 heterocycles. The molecule has 1 atom stereocenters. The molecule has 0 aliphatic rings. The van der Waals surface area contributed by atoms with Crippen LogP contribution in [0.3, 0.4) is 0 Å². The SMILES string of the molecule is COc1ccccc1Oc1cccc(OC)c1[C@H](C)O. The molecule has 0 spiro atoms. The van der Waals surface area contributed by atoms with Crippen LogP contribution < -0.4 is 14.2 Å². The minimum absolute atomic E-state index is 0.545. The van der Waals surface area contributed by atoms with E-state index >= 15 is 0 Å². The van der Waals surface area contributed by atoms with Crippen LogP contribution in [-0.2, 0) is 0 Å². The summed E-state index contributed by atoms with van der Waals surface area (Å²) in [5.74, 6) is 2.35. The Kier molecular flexibility index (Phi) is 4.48. The molecule has 20 heavy (non-hydrogen) atoms. The molecule has 4 nitrogen and oxygen atoms in total. The van der Waals surface area contributed by atoms with Crippen molar-refractivity contribution in [3.63, 3.8) is 0 Å². The van der Waals surface area contributed by atoms with Gasteiger partial charge in [0.2, 0.25) is 0 Å². The number of ether oxygens (including phenoxy) is 3. The Hall–Kier alpha value is -2.20. The Morgan fingerprint density at radius 1 is 0.800 bits per heavy atom. The molecule has 0 radical (unpaired) electrons. The summed E-state index contributed by atoms with van der Waals surface area (Å²) in [6.07, 6.45) is -0.698. The molecule has 0 fully saturated rings. The van der Waals surface area contributed by atoms with Gasteiger partial charge in [0.05, 0.1) is 25.9 Å². The number of hydrogen-bond donors (Lipinski definition) is 1. The monoisotopic (exact) mass is 274 g/mol. The summed E-state index contributed by atoms with van der Waals surface area (Å²) in [5.41, 5.74) is 0.612. The summed E-state index contributed by atoms with van der Waals surface area (Å²) in [7, 11) is 3.15. The molecule has 2 rings (SSSR count). The van der Waals surface area contributed by atoms with Crippen LogP contribution in [0.15, 0.2) is 42.5 Å². The van der Waals surface area contributed by atoms with E-state index in [1.54, 1.807) is 33.3 Å². The second-order valence-corrected chi connectivity index (χ2v) is 4.30. The van der Waals surface area contributed by atoms with Crippen LogP contribution in [0, 0.1) is 0 Å². The van der Waals surface area contributed by atoms with Crippen molar-refractivity contribution < 1.29 is 19.3 Å². The third-order valence-electron chi connectivity index (χ3n) is 2.95. The van der Waals surface area contributed by atoms with Crippen LogP contribution in [0.1, 0.15) is 18.6 Å². The van der Waals surface area contributed by atoms with Gasteiger partial charge >= 0.3 is 0 Å². The molecule has 0 unspecified atom stereocenters. The molecule has 2 aromatic carbocycles. The highest BCUT2D eigenvalue weighted by molar-refractivity contribution is 5.50. The van der Waals surface area contributed by atoms with Gasteiger partial charge in [0.15, 0.2) is 11.5 Å². The Balaban J connectivity index is 2.43. The second kappa shape index (κ2) is 6.30. The molecule has 106 valence electrons. The molecule has 0 saturated carbocycles. The number of methoxy groups -OCH3 is 2. The zero-order valence-electron chi connectivity index (χ0n) is 11.8. The highest BCUT2D eigenvalue weighted by Crippen LogP contribution is 2.38. The lowest BCUT2D eigenvalue weighted by molar-refractivity contribution is 0.190. The molecule has 0 amide bonds. The summed E-state index contributed by atoms with van der Waals surface area (Å²) in [4.78, 5) is 0. The highest BCUT2D eigenvalue weighted by atomic mass is 16.5. The Morgan fingerprint density at radius 2 is 1.35 bits per heavy atom. The van der Waals surface area contributed by atoms with Gasteiger partial charge < -0.3 is 19.3 Å². The van der Waals surface area contributed by atoms with Gasteiger partial charge in [-0.1, -0.05) is 18.2 Å². The average molecular weight is 274 g/mol. The average Bonchev–Trinajstić information content (AvgIpc) is 2.47. The lowest BCUT2D eigenvalue weighted by Crippen LogP contribution is -2.00. The van der Waals surface area contributed by atoms with Crippen molar-refractivity contribution in [3.8, 4) is 23.0 Å². The van der Waals surface area contributed by atoms with Gasteiger partial charge in [0.25, 0.3) is 0 Å². The largest absolute Gasteiger partial charge is 0.496 e. The smallest absolute Gasteiger partial charge is 0.169 e. The predicted molar refractivity (Wildman–Crippen MR) is 76.7 cm³/mol. The van der Waals surface area contributed by atoms with E-state index in [2.05, 4.69) is 0 Å². The summed E-state index contributed by atoms with van der Waals surface area (Å²) >= 11 is 0. The van der Waals surface area contributed by atoms with E-state index in [1.165, 1.54) is 0 Å². The van der Waals surface area contributed by atoms with Crippen molar-refractivity contribution in [2.75, 3.05) is 14.2 Å². The zero-order valence-corrected chi connectivity index (χ0v) is 11.8. The number of rotatable bonds is 5. The van der Waals surface area contributed by atoms with Crippen molar-refractivity contribution in [2.24, 2.45) is 0 Å². The molecule has 0 aliphatic carbocycles. The number of aliphatic hydroxyl groups excluding tert-OH is 1. The van der Waals surface area contributed by atoms with Gasteiger partial charge in [-0.15, -0.1) is 0 Å². The van der Waals surface area contributed by atoms with E-state index in [0.29, 0.717) is 28.6 Å². The van der Waals surface area contributed by atoms with E-state index in [4.69, 9.17) is 14.2 Å². The minimum Gasteiger partial charge on any atom is -0.496 e. The molecule has 0 aliphatic heterocycles. The van der Waals surface area contributed by atoms with Gasteiger partial charge in [-0.05, 0) is 31.2 Å². The van der Waals surface area contributed by atoms with Gasteiger partial charge in [0.1, 0.15) is 11.5 Å². The van der Waals surface area contributed by atoms with Crippen molar-refractivity contribution in [2.45, 2.75) is 13.0 Å². The number of benzene rings is 2. The third-order valence-corrected chi connectivity index (χ3v) is 2.95. The normalized spacial score (nSPS) is 11.8. The van der Waals surface area contributed by atoms with Crippen LogP contribution in [0.25, 0.3) is 0 Å². The first-order valence-corrected chi connectivity index (χ1v) is 6.33. The standard InChI is InChI=1S/C16H18O4/c1-11(17)16-14(19-3)9-6-10-15(16)20-13-8-5-4-7-12(13)18-2/h4-11,17H,1-3H3/t11-/m0/s1. The Labute approximate surface area is 118 Å². The van der Waals surface area contributed by atoms with Crippen LogP contribution in [0.4, 0.5) is 0 Å². The van der Waals surface area contributed by atoms with Crippen LogP contribution in [0.5, 0.6) is 23.0 Å². The van der Waals surface area contributed by atoms with Crippen molar-refractivity contribution >= 4 is 0 Å². The lowest BCUT2D eigenvalue weighted by atomic mass is 10.1. The molecule has 2 aromatic rings. The summed E-state index contributed by atoms with van der Waals surface area (Å²) in [6.45, 7) is 1.67. The number of aliphatic hydroxyl groups is 1. The lowest BCUT2D eigenvalue weighted by Gasteiger charge is -2.17. The first-order valence-electron chi connectivity index (χ1n) is 6.33. The van der Waals surface area contributed by atoms with Gasteiger partial charge in [-0.3, -0.25) is 0 Å². The maximum Gasteiger partial charge on any atom is 0.169 e. The highest BCUT2D eigenvalue weighted by Gasteiger charge is 2.16. The maximum atomic E-state index is 9.93. The molecule has 0 aromatic heterocycles. The first kappa shape index (κ1) is 14.2. The van der Waals surface area contributed by atoms with Crippen molar-refractivity contribution in [1.82, 2.24) is 0 Å². The van der Waals surface area contributed by atoms with E-state index in [-0.39, 0.29) is 0 Å². The molecule has 0 bridgehead atoms. The summed E-state index contributed by atoms with van der Waals surface area (Å²) < 4.78 is 16.4. The summed E-state index contributed by atoms with van der Waals surface area (Å²) in [5, 5.41) is 9.93. The third kappa shape index (κ3) is 2.86. The molecule has 0 saturated heterocycles. The van der Waals surface area contributed by atoms with Crippen LogP contribution in [-0.4, -0.2) is 19.3 Å².